The van der Waals surface area contributed by atoms with Crippen LogP contribution in [0.4, 0.5) is 23.1 Å². The molecule has 0 aliphatic heterocycles. The normalized spacial score (nSPS) is 10.0. The van der Waals surface area contributed by atoms with Crippen LogP contribution in [0.15, 0.2) is 53.1 Å². The van der Waals surface area contributed by atoms with Gasteiger partial charge in [0, 0.05) is 15.8 Å². The summed E-state index contributed by atoms with van der Waals surface area (Å²) in [6.45, 7) is 2.01. The Kier molecular flexibility index (Phi) is 4.68. The van der Waals surface area contributed by atoms with E-state index in [0.717, 1.165) is 21.4 Å². The molecule has 0 aliphatic rings. The van der Waals surface area contributed by atoms with Crippen molar-refractivity contribution in [1.29, 1.82) is 5.26 Å². The predicted octanol–water partition coefficient (Wildman–Crippen LogP) is 4.30. The Bertz CT molecular complexity index is 902. The lowest BCUT2D eigenvalue weighted by Crippen LogP contribution is -2.03. The highest BCUT2D eigenvalue weighted by atomic mass is 79.9. The van der Waals surface area contributed by atoms with E-state index in [-0.39, 0.29) is 0 Å². The zero-order valence-electron chi connectivity index (χ0n) is 12.8. The van der Waals surface area contributed by atoms with Gasteiger partial charge in [0.1, 0.15) is 0 Å². The summed E-state index contributed by atoms with van der Waals surface area (Å²) >= 11 is 3.44. The van der Waals surface area contributed by atoms with Crippen LogP contribution in [0, 0.1) is 18.3 Å². The number of aromatic nitrogens is 3. The van der Waals surface area contributed by atoms with Crippen molar-refractivity contribution in [2.45, 2.75) is 6.92 Å². The first-order valence-corrected chi connectivity index (χ1v) is 7.93. The van der Waals surface area contributed by atoms with E-state index in [4.69, 9.17) is 5.26 Å². The molecule has 0 amide bonds. The van der Waals surface area contributed by atoms with E-state index in [1.165, 1.54) is 0 Å². The molecule has 1 heterocycles. The van der Waals surface area contributed by atoms with Crippen LogP contribution in [0.5, 0.6) is 0 Å². The lowest BCUT2D eigenvalue weighted by atomic mass is 10.2. The highest BCUT2D eigenvalue weighted by Gasteiger charge is 2.04. The maximum absolute atomic E-state index is 8.82. The van der Waals surface area contributed by atoms with E-state index in [2.05, 4.69) is 47.8 Å². The van der Waals surface area contributed by atoms with Crippen molar-refractivity contribution in [3.05, 3.63) is 64.3 Å². The fraction of sp³-hybridized carbons (Fsp3) is 0.0588. The van der Waals surface area contributed by atoms with E-state index in [9.17, 15) is 0 Å². The number of aryl methyl sites for hydroxylation is 1. The van der Waals surface area contributed by atoms with Gasteiger partial charge in [-0.25, -0.2) is 0 Å². The Hall–Kier alpha value is -2.98. The van der Waals surface area contributed by atoms with Crippen LogP contribution in [0.3, 0.4) is 0 Å². The second-order valence-electron chi connectivity index (χ2n) is 5.06. The smallest absolute Gasteiger partial charge is 0.249 e. The summed E-state index contributed by atoms with van der Waals surface area (Å²) < 4.78 is 1.02. The van der Waals surface area contributed by atoms with Crippen molar-refractivity contribution in [2.24, 2.45) is 0 Å². The van der Waals surface area contributed by atoms with E-state index >= 15 is 0 Å². The molecule has 6 nitrogen and oxygen atoms in total. The molecule has 2 N–H and O–H groups in total. The lowest BCUT2D eigenvalue weighted by molar-refractivity contribution is 0.982. The van der Waals surface area contributed by atoms with E-state index in [1.807, 2.05) is 25.1 Å². The second-order valence-corrected chi connectivity index (χ2v) is 5.98. The molecule has 118 valence electrons. The minimum absolute atomic E-state index is 0.375. The number of benzene rings is 2. The van der Waals surface area contributed by atoms with Crippen LogP contribution < -0.4 is 10.6 Å². The summed E-state index contributed by atoms with van der Waals surface area (Å²) in [6, 6.07) is 15.1. The van der Waals surface area contributed by atoms with Crippen molar-refractivity contribution in [3.8, 4) is 6.07 Å². The maximum atomic E-state index is 8.82. The molecular formula is C17H13BrN6. The summed E-state index contributed by atoms with van der Waals surface area (Å²) in [5, 5.41) is 23.0. The largest absolute Gasteiger partial charge is 0.339 e. The molecular weight excluding hydrogens is 368 g/mol. The van der Waals surface area contributed by atoms with Gasteiger partial charge >= 0.3 is 0 Å². The number of hydrogen-bond acceptors (Lipinski definition) is 6. The highest BCUT2D eigenvalue weighted by molar-refractivity contribution is 9.10. The van der Waals surface area contributed by atoms with Gasteiger partial charge in [-0.3, -0.25) is 0 Å². The van der Waals surface area contributed by atoms with Gasteiger partial charge in [0.25, 0.3) is 0 Å². The molecule has 0 spiro atoms. The highest BCUT2D eigenvalue weighted by Crippen LogP contribution is 2.23. The summed E-state index contributed by atoms with van der Waals surface area (Å²) in [5.41, 5.74) is 3.42. The first-order chi connectivity index (χ1) is 11.6. The van der Waals surface area contributed by atoms with Crippen molar-refractivity contribution in [2.75, 3.05) is 10.6 Å². The number of nitriles is 1. The van der Waals surface area contributed by atoms with Gasteiger partial charge in [0.2, 0.25) is 5.95 Å². The van der Waals surface area contributed by atoms with Crippen LogP contribution in [0.2, 0.25) is 0 Å². The zero-order chi connectivity index (χ0) is 16.9. The van der Waals surface area contributed by atoms with E-state index in [0.29, 0.717) is 17.3 Å². The number of hydrogen-bond donors (Lipinski definition) is 2. The van der Waals surface area contributed by atoms with Crippen LogP contribution in [0.25, 0.3) is 0 Å². The molecule has 0 saturated heterocycles. The van der Waals surface area contributed by atoms with Gasteiger partial charge in [0.05, 0.1) is 17.8 Å². The van der Waals surface area contributed by atoms with E-state index < -0.39 is 0 Å². The van der Waals surface area contributed by atoms with Crippen molar-refractivity contribution in [3.63, 3.8) is 0 Å². The van der Waals surface area contributed by atoms with Crippen LogP contribution >= 0.6 is 15.9 Å². The second kappa shape index (κ2) is 7.06. The number of nitrogens with one attached hydrogen (secondary N) is 2. The average molecular weight is 381 g/mol. The summed E-state index contributed by atoms with van der Waals surface area (Å²) in [4.78, 5) is 4.40. The first-order valence-electron chi connectivity index (χ1n) is 7.14. The predicted molar refractivity (Wildman–Crippen MR) is 96.4 cm³/mol. The topological polar surface area (TPSA) is 86.5 Å². The van der Waals surface area contributed by atoms with Gasteiger partial charge in [-0.05, 0) is 55.0 Å². The molecule has 0 fully saturated rings. The fourth-order valence-electron chi connectivity index (χ4n) is 2.08. The fourth-order valence-corrected chi connectivity index (χ4v) is 2.55. The molecule has 3 rings (SSSR count). The first kappa shape index (κ1) is 15.9. The molecule has 0 aliphatic carbocycles. The van der Waals surface area contributed by atoms with Crippen LogP contribution in [-0.2, 0) is 0 Å². The third-order valence-corrected chi connectivity index (χ3v) is 3.77. The minimum atomic E-state index is 0.375. The van der Waals surface area contributed by atoms with E-state index in [1.54, 1.807) is 30.5 Å². The minimum Gasteiger partial charge on any atom is -0.339 e. The Morgan fingerprint density at radius 1 is 1.08 bits per heavy atom. The maximum Gasteiger partial charge on any atom is 0.249 e. The summed E-state index contributed by atoms with van der Waals surface area (Å²) in [5.74, 6) is 0.964. The summed E-state index contributed by atoms with van der Waals surface area (Å²) in [7, 11) is 0. The van der Waals surface area contributed by atoms with Gasteiger partial charge in [-0.2, -0.15) is 15.3 Å². The SMILES string of the molecule is Cc1cc(Br)ccc1Nc1cnnc(Nc2ccc(C#N)cc2)n1. The Balaban J connectivity index is 1.77. The molecule has 0 bridgehead atoms. The number of nitrogens with zero attached hydrogens (tertiary/aromatic N) is 4. The standard InChI is InChI=1S/C17H13BrN6/c1-11-8-13(18)4-7-15(11)22-16-10-20-24-17(23-16)21-14-5-2-12(9-19)3-6-14/h2-8,10H,1H3,(H2,21,22,23,24). The average Bonchev–Trinajstić information content (AvgIpc) is 2.58. The van der Waals surface area contributed by atoms with Crippen molar-refractivity contribution >= 4 is 39.1 Å². The Morgan fingerprint density at radius 3 is 2.58 bits per heavy atom. The van der Waals surface area contributed by atoms with Crippen molar-refractivity contribution < 1.29 is 0 Å². The monoisotopic (exact) mass is 380 g/mol. The number of rotatable bonds is 4. The Labute approximate surface area is 147 Å². The van der Waals surface area contributed by atoms with Crippen molar-refractivity contribution in [1.82, 2.24) is 15.2 Å². The third-order valence-electron chi connectivity index (χ3n) is 3.28. The molecule has 1 aromatic heterocycles. The molecule has 7 heteroatoms. The van der Waals surface area contributed by atoms with Gasteiger partial charge < -0.3 is 10.6 Å². The van der Waals surface area contributed by atoms with Crippen LogP contribution in [0.1, 0.15) is 11.1 Å². The third kappa shape index (κ3) is 3.86. The number of halogens is 1. The molecule has 24 heavy (non-hydrogen) atoms. The molecule has 3 aromatic rings. The number of anilines is 4. The lowest BCUT2D eigenvalue weighted by Gasteiger charge is -2.10. The Morgan fingerprint density at radius 2 is 1.88 bits per heavy atom. The quantitative estimate of drug-likeness (QED) is 0.701. The van der Waals surface area contributed by atoms with Gasteiger partial charge in [-0.1, -0.05) is 15.9 Å². The molecule has 0 unspecified atom stereocenters. The van der Waals surface area contributed by atoms with Gasteiger partial charge in [-0.15, -0.1) is 5.10 Å². The zero-order valence-corrected chi connectivity index (χ0v) is 14.4. The summed E-state index contributed by atoms with van der Waals surface area (Å²) in [6.07, 6.45) is 1.56. The molecule has 2 aromatic carbocycles. The molecule has 0 atom stereocenters. The van der Waals surface area contributed by atoms with Gasteiger partial charge in [0.15, 0.2) is 5.82 Å². The molecule has 0 radical (unpaired) electrons. The molecule has 0 saturated carbocycles. The van der Waals surface area contributed by atoms with Crippen LogP contribution in [-0.4, -0.2) is 15.2 Å².